The van der Waals surface area contributed by atoms with Crippen LogP contribution in [-0.4, -0.2) is 23.2 Å². The first-order valence-corrected chi connectivity index (χ1v) is 9.57. The Morgan fingerprint density at radius 3 is 2.70 bits per heavy atom. The zero-order valence-corrected chi connectivity index (χ0v) is 15.4. The second-order valence-electron chi connectivity index (χ2n) is 6.14. The number of hydrogen-bond acceptors (Lipinski definition) is 5. The summed E-state index contributed by atoms with van der Waals surface area (Å²) in [6.45, 7) is 1.96. The van der Waals surface area contributed by atoms with Crippen LogP contribution in [0.1, 0.15) is 5.56 Å². The first-order valence-electron chi connectivity index (χ1n) is 8.09. The van der Waals surface area contributed by atoms with Gasteiger partial charge in [-0.3, -0.25) is 14.4 Å². The van der Waals surface area contributed by atoms with Crippen LogP contribution < -0.4 is 10.5 Å². The minimum absolute atomic E-state index is 0.0233. The highest BCUT2D eigenvalue weighted by Crippen LogP contribution is 2.25. The van der Waals surface area contributed by atoms with E-state index in [4.69, 9.17) is 4.42 Å². The summed E-state index contributed by atoms with van der Waals surface area (Å²) in [5, 5.41) is 6.87. The second-order valence-corrected chi connectivity index (χ2v) is 7.83. The number of aryl methyl sites for hydroxylation is 2. The van der Waals surface area contributed by atoms with Gasteiger partial charge in [0.25, 0.3) is 10.0 Å². The molecule has 2 N–H and O–H groups in total. The molecule has 0 atom stereocenters. The molecule has 2 aromatic carbocycles. The van der Waals surface area contributed by atoms with Crippen molar-refractivity contribution >= 4 is 26.9 Å². The molecule has 0 amide bonds. The maximum absolute atomic E-state index is 12.7. The van der Waals surface area contributed by atoms with Crippen LogP contribution in [0.5, 0.6) is 0 Å². The summed E-state index contributed by atoms with van der Waals surface area (Å²) in [5.41, 5.74) is 3.40. The smallest absolute Gasteiger partial charge is 0.408 e. The lowest BCUT2D eigenvalue weighted by atomic mass is 10.1. The highest BCUT2D eigenvalue weighted by atomic mass is 32.2. The van der Waals surface area contributed by atoms with Crippen LogP contribution in [0.4, 0.5) is 5.82 Å². The van der Waals surface area contributed by atoms with Crippen LogP contribution >= 0.6 is 0 Å². The zero-order valence-electron chi connectivity index (χ0n) is 14.6. The standard InChI is InChI=1S/C18H16N4O4S/c1-11-5-3-4-6-13(11)14-10-17(20-19-14)21-27(24,25)12-7-8-15-16(9-12)26-18(23)22(15)2/h3-10H,1-2H3,(H2,19,20,21). The molecule has 0 fully saturated rings. The van der Waals surface area contributed by atoms with Crippen molar-refractivity contribution in [2.45, 2.75) is 11.8 Å². The Morgan fingerprint density at radius 2 is 1.93 bits per heavy atom. The highest BCUT2D eigenvalue weighted by Gasteiger charge is 2.19. The summed E-state index contributed by atoms with van der Waals surface area (Å²) in [4.78, 5) is 11.5. The van der Waals surface area contributed by atoms with Gasteiger partial charge in [0.1, 0.15) is 0 Å². The summed E-state index contributed by atoms with van der Waals surface area (Å²) in [6.07, 6.45) is 0. The van der Waals surface area contributed by atoms with Gasteiger partial charge < -0.3 is 4.42 Å². The van der Waals surface area contributed by atoms with Gasteiger partial charge in [0.05, 0.1) is 16.1 Å². The van der Waals surface area contributed by atoms with Gasteiger partial charge in [0.2, 0.25) is 0 Å². The molecule has 0 bridgehead atoms. The molecule has 0 aliphatic rings. The summed E-state index contributed by atoms with van der Waals surface area (Å²) >= 11 is 0. The molecule has 0 unspecified atom stereocenters. The lowest BCUT2D eigenvalue weighted by Crippen LogP contribution is -2.13. The molecule has 0 aliphatic heterocycles. The topological polar surface area (TPSA) is 110 Å². The first-order chi connectivity index (χ1) is 12.8. The normalized spacial score (nSPS) is 11.8. The molecule has 0 spiro atoms. The van der Waals surface area contributed by atoms with Crippen LogP contribution in [0.2, 0.25) is 0 Å². The molecule has 9 heteroatoms. The van der Waals surface area contributed by atoms with E-state index < -0.39 is 15.8 Å². The fraction of sp³-hybridized carbons (Fsp3) is 0.111. The molecule has 27 heavy (non-hydrogen) atoms. The van der Waals surface area contributed by atoms with Crippen molar-refractivity contribution in [2.24, 2.45) is 7.05 Å². The third-order valence-electron chi connectivity index (χ3n) is 4.33. The fourth-order valence-corrected chi connectivity index (χ4v) is 3.87. The van der Waals surface area contributed by atoms with Gasteiger partial charge in [-0.15, -0.1) is 0 Å². The van der Waals surface area contributed by atoms with E-state index in [0.29, 0.717) is 11.2 Å². The predicted octanol–water partition coefficient (Wildman–Crippen LogP) is 2.63. The summed E-state index contributed by atoms with van der Waals surface area (Å²) < 4.78 is 34.1. The lowest BCUT2D eigenvalue weighted by Gasteiger charge is -2.05. The molecule has 0 saturated carbocycles. The molecular weight excluding hydrogens is 368 g/mol. The monoisotopic (exact) mass is 384 g/mol. The van der Waals surface area contributed by atoms with E-state index in [2.05, 4.69) is 14.9 Å². The Bertz CT molecular complexity index is 1310. The Balaban J connectivity index is 1.66. The summed E-state index contributed by atoms with van der Waals surface area (Å²) in [6, 6.07) is 13.6. The number of hydrogen-bond donors (Lipinski definition) is 2. The predicted molar refractivity (Wildman–Crippen MR) is 101 cm³/mol. The van der Waals surface area contributed by atoms with Gasteiger partial charge in [0, 0.05) is 24.7 Å². The molecule has 0 saturated heterocycles. The molecule has 8 nitrogen and oxygen atoms in total. The van der Waals surface area contributed by atoms with Crippen LogP contribution in [0.15, 0.2) is 62.6 Å². The second kappa shape index (κ2) is 6.13. The van der Waals surface area contributed by atoms with Crippen molar-refractivity contribution < 1.29 is 12.8 Å². The summed E-state index contributed by atoms with van der Waals surface area (Å²) in [7, 11) is -2.34. The number of nitrogens with one attached hydrogen (secondary N) is 2. The van der Waals surface area contributed by atoms with Crippen molar-refractivity contribution in [2.75, 3.05) is 4.72 Å². The third kappa shape index (κ3) is 3.02. The Kier molecular flexibility index (Phi) is 3.88. The van der Waals surface area contributed by atoms with Crippen molar-refractivity contribution in [3.8, 4) is 11.3 Å². The van der Waals surface area contributed by atoms with E-state index in [1.807, 2.05) is 31.2 Å². The average Bonchev–Trinajstić information content (AvgIpc) is 3.19. The molecular formula is C18H16N4O4S. The number of benzene rings is 2. The van der Waals surface area contributed by atoms with Gasteiger partial charge in [-0.25, -0.2) is 13.2 Å². The number of aromatic nitrogens is 3. The Labute approximate surface area is 154 Å². The van der Waals surface area contributed by atoms with Crippen LogP contribution in [0.3, 0.4) is 0 Å². The molecule has 0 aliphatic carbocycles. The number of fused-ring (bicyclic) bond motifs is 1. The van der Waals surface area contributed by atoms with Crippen LogP contribution in [0.25, 0.3) is 22.4 Å². The third-order valence-corrected chi connectivity index (χ3v) is 5.68. The average molecular weight is 384 g/mol. The van der Waals surface area contributed by atoms with Crippen LogP contribution in [0, 0.1) is 6.92 Å². The first kappa shape index (κ1) is 17.1. The maximum atomic E-state index is 12.7. The fourth-order valence-electron chi connectivity index (χ4n) is 2.86. The van der Waals surface area contributed by atoms with Crippen molar-refractivity contribution in [3.63, 3.8) is 0 Å². The van der Waals surface area contributed by atoms with E-state index in [-0.39, 0.29) is 16.3 Å². The maximum Gasteiger partial charge on any atom is 0.419 e. The minimum Gasteiger partial charge on any atom is -0.408 e. The summed E-state index contributed by atoms with van der Waals surface area (Å²) in [5.74, 6) is -0.384. The lowest BCUT2D eigenvalue weighted by molar-refractivity contribution is 0.527. The number of oxazole rings is 1. The number of anilines is 1. The molecule has 4 rings (SSSR count). The molecule has 2 heterocycles. The number of nitrogens with zero attached hydrogens (tertiary/aromatic N) is 2. The SMILES string of the molecule is Cc1ccccc1-c1cc(NS(=O)(=O)c2ccc3c(c2)oc(=O)n3C)n[nH]1. The number of aromatic amines is 1. The van der Waals surface area contributed by atoms with Crippen molar-refractivity contribution in [1.82, 2.24) is 14.8 Å². The van der Waals surface area contributed by atoms with Crippen molar-refractivity contribution in [1.29, 1.82) is 0 Å². The van der Waals surface area contributed by atoms with E-state index in [1.165, 1.54) is 22.8 Å². The van der Waals surface area contributed by atoms with Crippen LogP contribution in [-0.2, 0) is 17.1 Å². The van der Waals surface area contributed by atoms with Gasteiger partial charge in [-0.1, -0.05) is 24.3 Å². The Hall–Kier alpha value is -3.33. The van der Waals surface area contributed by atoms with E-state index in [1.54, 1.807) is 13.1 Å². The zero-order chi connectivity index (χ0) is 19.2. The molecule has 0 radical (unpaired) electrons. The highest BCUT2D eigenvalue weighted by molar-refractivity contribution is 7.92. The van der Waals surface area contributed by atoms with Crippen molar-refractivity contribution in [3.05, 3.63) is 64.6 Å². The molecule has 2 aromatic heterocycles. The van der Waals surface area contributed by atoms with Gasteiger partial charge >= 0.3 is 5.76 Å². The van der Waals surface area contributed by atoms with E-state index in [9.17, 15) is 13.2 Å². The van der Waals surface area contributed by atoms with Gasteiger partial charge in [0.15, 0.2) is 11.4 Å². The van der Waals surface area contributed by atoms with Gasteiger partial charge in [-0.05, 0) is 24.6 Å². The number of rotatable bonds is 4. The molecule has 138 valence electrons. The van der Waals surface area contributed by atoms with E-state index in [0.717, 1.165) is 11.1 Å². The quantitative estimate of drug-likeness (QED) is 0.562. The molecule has 4 aromatic rings. The van der Waals surface area contributed by atoms with E-state index >= 15 is 0 Å². The number of sulfonamides is 1. The largest absolute Gasteiger partial charge is 0.419 e. The number of H-pyrrole nitrogens is 1. The van der Waals surface area contributed by atoms with Gasteiger partial charge in [-0.2, -0.15) is 5.10 Å². The Morgan fingerprint density at radius 1 is 1.15 bits per heavy atom. The minimum atomic E-state index is -3.89.